The minimum Gasteiger partial charge on any atom is -0.494 e. The smallest absolute Gasteiger partial charge is 0.494 e. The van der Waals surface area contributed by atoms with Crippen LogP contribution in [0, 0.1) is 5.92 Å². The van der Waals surface area contributed by atoms with E-state index in [0.717, 1.165) is 63.4 Å². The van der Waals surface area contributed by atoms with Gasteiger partial charge in [-0.05, 0) is 55.5 Å². The first-order valence-corrected chi connectivity index (χ1v) is 12.0. The Morgan fingerprint density at radius 2 is 1.94 bits per heavy atom. The van der Waals surface area contributed by atoms with Gasteiger partial charge in [0, 0.05) is 43.9 Å². The predicted molar refractivity (Wildman–Crippen MR) is 123 cm³/mol. The number of anilines is 2. The van der Waals surface area contributed by atoms with E-state index in [4.69, 9.17) is 9.47 Å². The number of nitrogens with one attached hydrogen (secondary N) is 1. The van der Waals surface area contributed by atoms with Crippen LogP contribution in [0.15, 0.2) is 36.4 Å². The van der Waals surface area contributed by atoms with Crippen LogP contribution in [0.25, 0.3) is 0 Å². The van der Waals surface area contributed by atoms with Crippen molar-refractivity contribution in [2.24, 2.45) is 5.92 Å². The molecule has 3 heterocycles. The molecule has 0 amide bonds. The Labute approximate surface area is 197 Å². The molecule has 2 N–H and O–H groups in total. The Bertz CT molecular complexity index is 1060. The van der Waals surface area contributed by atoms with Crippen molar-refractivity contribution in [2.75, 3.05) is 49.5 Å². The average molecular weight is 474 g/mol. The second-order valence-corrected chi connectivity index (χ2v) is 9.50. The van der Waals surface area contributed by atoms with Crippen LogP contribution in [0.2, 0.25) is 0 Å². The van der Waals surface area contributed by atoms with Crippen molar-refractivity contribution in [1.29, 1.82) is 0 Å². The molecule has 182 valence electrons. The fourth-order valence-electron chi connectivity index (χ4n) is 5.30. The largest absolute Gasteiger partial charge is 0.586 e. The summed E-state index contributed by atoms with van der Waals surface area (Å²) < 4.78 is 42.2. The third kappa shape index (κ3) is 4.22. The van der Waals surface area contributed by atoms with E-state index in [0.29, 0.717) is 24.1 Å². The summed E-state index contributed by atoms with van der Waals surface area (Å²) >= 11 is 0. The Morgan fingerprint density at radius 1 is 1.09 bits per heavy atom. The summed E-state index contributed by atoms with van der Waals surface area (Å²) in [5, 5.41) is 13.3. The van der Waals surface area contributed by atoms with E-state index in [1.807, 2.05) is 12.1 Å². The maximum atomic E-state index is 13.5. The number of hydrogen-bond donors (Lipinski definition) is 2. The first kappa shape index (κ1) is 21.7. The van der Waals surface area contributed by atoms with Crippen molar-refractivity contribution in [2.45, 2.75) is 37.7 Å². The molecule has 34 heavy (non-hydrogen) atoms. The van der Waals surface area contributed by atoms with E-state index in [2.05, 4.69) is 25.9 Å². The summed E-state index contributed by atoms with van der Waals surface area (Å²) in [6.45, 7) is 4.85. The number of nitrogens with zero attached hydrogens (tertiary/aromatic N) is 2. The molecule has 0 spiro atoms. The number of rotatable bonds is 7. The molecule has 3 unspecified atom stereocenters. The maximum absolute atomic E-state index is 13.5. The molecule has 0 radical (unpaired) electrons. The van der Waals surface area contributed by atoms with Crippen LogP contribution in [-0.4, -0.2) is 61.9 Å². The number of hydrogen-bond acceptors (Lipinski definition) is 7. The van der Waals surface area contributed by atoms with Gasteiger partial charge in [0.2, 0.25) is 0 Å². The van der Waals surface area contributed by atoms with E-state index in [1.54, 1.807) is 12.1 Å². The highest BCUT2D eigenvalue weighted by Gasteiger charge is 2.48. The summed E-state index contributed by atoms with van der Waals surface area (Å²) in [6.07, 6.45) is -1.02. The van der Waals surface area contributed by atoms with Crippen LogP contribution in [0.4, 0.5) is 20.2 Å². The van der Waals surface area contributed by atoms with Gasteiger partial charge in [-0.15, -0.1) is 8.78 Å². The van der Waals surface area contributed by atoms with Gasteiger partial charge in [-0.2, -0.15) is 0 Å². The van der Waals surface area contributed by atoms with Gasteiger partial charge in [0.15, 0.2) is 11.5 Å². The van der Waals surface area contributed by atoms with Crippen molar-refractivity contribution in [3.05, 3.63) is 42.0 Å². The van der Waals surface area contributed by atoms with Crippen molar-refractivity contribution in [3.63, 3.8) is 0 Å². The molecule has 6 rings (SSSR count). The molecular weight excluding hydrogens is 444 g/mol. The van der Waals surface area contributed by atoms with Gasteiger partial charge < -0.3 is 29.5 Å². The maximum Gasteiger partial charge on any atom is 0.586 e. The van der Waals surface area contributed by atoms with Crippen molar-refractivity contribution >= 4 is 11.4 Å². The number of ether oxygens (including phenoxy) is 3. The number of aliphatic hydroxyl groups is 1. The SMILES string of the molecule is OC1Nc2cc(OCCCCN3CCN(c4cccc5c4OC(F)(F)O5)CC3)ccc2C2CC12. The van der Waals surface area contributed by atoms with Crippen LogP contribution in [0.1, 0.15) is 30.7 Å². The Kier molecular flexibility index (Phi) is 5.41. The monoisotopic (exact) mass is 473 g/mol. The molecule has 9 heteroatoms. The molecule has 3 atom stereocenters. The summed E-state index contributed by atoms with van der Waals surface area (Å²) in [5.74, 6) is 1.90. The fourth-order valence-corrected chi connectivity index (χ4v) is 5.30. The second kappa shape index (κ2) is 8.46. The predicted octanol–water partition coefficient (Wildman–Crippen LogP) is 3.84. The lowest BCUT2D eigenvalue weighted by molar-refractivity contribution is -0.286. The lowest BCUT2D eigenvalue weighted by Gasteiger charge is -2.36. The molecular formula is C25H29F2N3O4. The van der Waals surface area contributed by atoms with Gasteiger partial charge in [-0.1, -0.05) is 12.1 Å². The summed E-state index contributed by atoms with van der Waals surface area (Å²) in [5.41, 5.74) is 2.94. The third-order valence-electron chi connectivity index (χ3n) is 7.23. The molecule has 2 aromatic rings. The highest BCUT2D eigenvalue weighted by atomic mass is 19.3. The van der Waals surface area contributed by atoms with Crippen molar-refractivity contribution in [1.82, 2.24) is 4.90 Å². The lowest BCUT2D eigenvalue weighted by atomic mass is 10.0. The van der Waals surface area contributed by atoms with E-state index >= 15 is 0 Å². The summed E-state index contributed by atoms with van der Waals surface area (Å²) in [6, 6.07) is 11.2. The Morgan fingerprint density at radius 3 is 2.79 bits per heavy atom. The minimum absolute atomic E-state index is 0.0903. The van der Waals surface area contributed by atoms with Crippen molar-refractivity contribution < 1.29 is 28.1 Å². The molecule has 3 aliphatic heterocycles. The summed E-state index contributed by atoms with van der Waals surface area (Å²) in [4.78, 5) is 4.47. The Hall–Kier alpha value is -2.78. The zero-order valence-corrected chi connectivity index (χ0v) is 18.9. The van der Waals surface area contributed by atoms with Gasteiger partial charge in [-0.3, -0.25) is 4.90 Å². The second-order valence-electron chi connectivity index (χ2n) is 9.50. The molecule has 0 bridgehead atoms. The number of alkyl halides is 2. The normalized spacial score (nSPS) is 26.4. The number of piperazine rings is 1. The van der Waals surface area contributed by atoms with Gasteiger partial charge in [0.05, 0.1) is 12.3 Å². The average Bonchev–Trinajstić information content (AvgIpc) is 3.56. The van der Waals surface area contributed by atoms with Gasteiger partial charge in [0.1, 0.15) is 12.0 Å². The molecule has 0 aromatic heterocycles. The molecule has 1 saturated heterocycles. The quantitative estimate of drug-likeness (QED) is 0.593. The van der Waals surface area contributed by atoms with E-state index in [1.165, 1.54) is 11.6 Å². The first-order chi connectivity index (χ1) is 16.5. The van der Waals surface area contributed by atoms with Gasteiger partial charge in [-0.25, -0.2) is 0 Å². The lowest BCUT2D eigenvalue weighted by Crippen LogP contribution is -2.46. The summed E-state index contributed by atoms with van der Waals surface area (Å²) in [7, 11) is 0. The highest BCUT2D eigenvalue weighted by molar-refractivity contribution is 5.66. The standard InChI is InChI=1S/C25H29F2N3O4/c26-25(27)33-22-5-3-4-21(23(22)34-25)30-11-9-29(10-12-30)8-1-2-13-32-16-6-7-17-18-15-19(18)24(31)28-20(17)14-16/h3-7,14,18-19,24,28,31H,1-2,8-13,15H2. The molecule has 1 aliphatic carbocycles. The van der Waals surface area contributed by atoms with Gasteiger partial charge >= 0.3 is 6.29 Å². The van der Waals surface area contributed by atoms with Crippen LogP contribution < -0.4 is 24.4 Å². The zero-order chi connectivity index (χ0) is 23.3. The van der Waals surface area contributed by atoms with Crippen molar-refractivity contribution in [3.8, 4) is 17.2 Å². The minimum atomic E-state index is -3.60. The van der Waals surface area contributed by atoms with E-state index in [9.17, 15) is 13.9 Å². The fraction of sp³-hybridized carbons (Fsp3) is 0.520. The molecule has 4 aliphatic rings. The van der Waals surface area contributed by atoms with Gasteiger partial charge in [0.25, 0.3) is 0 Å². The van der Waals surface area contributed by atoms with E-state index < -0.39 is 12.5 Å². The molecule has 2 aromatic carbocycles. The molecule has 1 saturated carbocycles. The zero-order valence-electron chi connectivity index (χ0n) is 18.9. The number of fused-ring (bicyclic) bond motifs is 4. The molecule has 7 nitrogen and oxygen atoms in total. The molecule has 2 fully saturated rings. The third-order valence-corrected chi connectivity index (χ3v) is 7.23. The Balaban J connectivity index is 0.931. The van der Waals surface area contributed by atoms with Crippen LogP contribution in [0.5, 0.6) is 17.2 Å². The highest BCUT2D eigenvalue weighted by Crippen LogP contribution is 2.55. The van der Waals surface area contributed by atoms with Crippen LogP contribution >= 0.6 is 0 Å². The van der Waals surface area contributed by atoms with Crippen LogP contribution in [0.3, 0.4) is 0 Å². The number of aliphatic hydroxyl groups excluding tert-OH is 1. The first-order valence-electron chi connectivity index (χ1n) is 12.0. The van der Waals surface area contributed by atoms with Crippen LogP contribution in [-0.2, 0) is 0 Å². The van der Waals surface area contributed by atoms with E-state index in [-0.39, 0.29) is 11.5 Å². The topological polar surface area (TPSA) is 66.4 Å². The number of benzene rings is 2. The number of para-hydroxylation sites is 1. The number of halogens is 2. The number of unbranched alkanes of at least 4 members (excludes halogenated alkanes) is 1.